The van der Waals surface area contributed by atoms with E-state index in [1.165, 1.54) is 33.4 Å². The zero-order valence-corrected chi connectivity index (χ0v) is 40.8. The fraction of sp³-hybridized carbons (Fsp3) is 0.0294. The maximum Gasteiger partial charge on any atom is 0.160 e. The van der Waals surface area contributed by atoms with Crippen molar-refractivity contribution in [3.05, 3.63) is 277 Å². The fourth-order valence-corrected chi connectivity index (χ4v) is 11.5. The first-order chi connectivity index (χ1) is 37.6. The molecule has 8 heteroatoms. The Hall–Kier alpha value is -10.2. The van der Waals surface area contributed by atoms with E-state index in [4.69, 9.17) is 19.9 Å². The molecule has 0 radical (unpaired) electrons. The quantitative estimate of drug-likeness (QED) is 0.148. The van der Waals surface area contributed by atoms with E-state index in [9.17, 15) is 0 Å². The molecular weight excluding hydrogens is 929 g/mol. The Balaban J connectivity index is 0.825. The van der Waals surface area contributed by atoms with Crippen LogP contribution in [0.2, 0.25) is 0 Å². The molecule has 9 aromatic carbocycles. The van der Waals surface area contributed by atoms with E-state index in [0.717, 1.165) is 100 Å². The second-order valence-corrected chi connectivity index (χ2v) is 19.5. The summed E-state index contributed by atoms with van der Waals surface area (Å²) < 4.78 is 0. The van der Waals surface area contributed by atoms with Crippen molar-refractivity contribution in [2.24, 2.45) is 0 Å². The highest BCUT2D eigenvalue weighted by atomic mass is 14.9. The summed E-state index contributed by atoms with van der Waals surface area (Å²) in [5, 5.41) is 0. The highest BCUT2D eigenvalue weighted by molar-refractivity contribution is 5.85. The SMILES string of the molecule is c1ccc(-c2nc(-c3cccc(-c4ccc5nccnc5c4)c3)cc(-c3ccc4c(c3)C3c5ccccc5C4c4cc(-c5cc(-c6cccc(-c7ccc8nccnc8c7)c6)nc(-c6ccccc6)n5)ccc43)n2)cc1. The van der Waals surface area contributed by atoms with Gasteiger partial charge in [0.05, 0.1) is 44.8 Å². The normalized spacial score (nSPS) is 14.1. The van der Waals surface area contributed by atoms with Gasteiger partial charge in [-0.15, -0.1) is 0 Å². The Kier molecular flexibility index (Phi) is 10.2. The van der Waals surface area contributed by atoms with Crippen molar-refractivity contribution in [1.82, 2.24) is 39.9 Å². The highest BCUT2D eigenvalue weighted by Gasteiger charge is 2.41. The van der Waals surface area contributed by atoms with E-state index in [-0.39, 0.29) is 11.8 Å². The molecule has 2 bridgehead atoms. The largest absolute Gasteiger partial charge is 0.253 e. The van der Waals surface area contributed by atoms with Gasteiger partial charge >= 0.3 is 0 Å². The monoisotopic (exact) mass is 970 g/mol. The van der Waals surface area contributed by atoms with Crippen LogP contribution in [-0.4, -0.2) is 39.9 Å². The maximum absolute atomic E-state index is 5.30. The Labute approximate surface area is 438 Å². The molecule has 2 unspecified atom stereocenters. The molecule has 76 heavy (non-hydrogen) atoms. The third-order valence-corrected chi connectivity index (χ3v) is 15.1. The van der Waals surface area contributed by atoms with Crippen molar-refractivity contribution in [2.45, 2.75) is 11.8 Å². The van der Waals surface area contributed by atoms with Crippen molar-refractivity contribution in [2.75, 3.05) is 0 Å². The smallest absolute Gasteiger partial charge is 0.160 e. The summed E-state index contributed by atoms with van der Waals surface area (Å²) in [6, 6.07) is 77.3. The van der Waals surface area contributed by atoms with Crippen LogP contribution >= 0.6 is 0 Å². The summed E-state index contributed by atoms with van der Waals surface area (Å²) in [4.78, 5) is 39.2. The summed E-state index contributed by atoms with van der Waals surface area (Å²) in [6.45, 7) is 0. The molecule has 2 atom stereocenters. The van der Waals surface area contributed by atoms with Gasteiger partial charge in [0.2, 0.25) is 0 Å². The van der Waals surface area contributed by atoms with Crippen molar-refractivity contribution in [1.29, 1.82) is 0 Å². The molecule has 4 aromatic heterocycles. The van der Waals surface area contributed by atoms with Crippen molar-refractivity contribution in [3.63, 3.8) is 0 Å². The average molecular weight is 971 g/mol. The van der Waals surface area contributed by atoms with Crippen LogP contribution in [0.25, 0.3) is 112 Å². The van der Waals surface area contributed by atoms with Crippen LogP contribution in [-0.2, 0) is 0 Å². The molecule has 0 fully saturated rings. The summed E-state index contributed by atoms with van der Waals surface area (Å²) >= 11 is 0. The molecule has 3 aliphatic rings. The Morgan fingerprint density at radius 2 is 0.539 bits per heavy atom. The second kappa shape index (κ2) is 17.8. The number of rotatable bonds is 8. The van der Waals surface area contributed by atoms with E-state index in [0.29, 0.717) is 11.6 Å². The van der Waals surface area contributed by atoms with Crippen LogP contribution in [0.3, 0.4) is 0 Å². The van der Waals surface area contributed by atoms with Crippen LogP contribution in [0.15, 0.2) is 243 Å². The second-order valence-electron chi connectivity index (χ2n) is 19.5. The molecule has 0 saturated heterocycles. The molecule has 0 aliphatic heterocycles. The van der Waals surface area contributed by atoms with Gasteiger partial charge in [-0.1, -0.05) is 158 Å². The zero-order chi connectivity index (χ0) is 50.1. The number of fused-ring (bicyclic) bond motifs is 2. The molecule has 8 nitrogen and oxygen atoms in total. The molecule has 4 heterocycles. The average Bonchev–Trinajstić information content (AvgIpc) is 3.52. The van der Waals surface area contributed by atoms with Gasteiger partial charge in [0.25, 0.3) is 0 Å². The summed E-state index contributed by atoms with van der Waals surface area (Å²) in [7, 11) is 0. The molecular formula is C68H42N8. The van der Waals surface area contributed by atoms with Gasteiger partial charge in [-0.25, -0.2) is 19.9 Å². The van der Waals surface area contributed by atoms with Gasteiger partial charge < -0.3 is 0 Å². The standard InChI is InChI=1S/C68H42N8/c1-3-11-41(12-4-1)67-73-59(47-17-9-15-43(33-47)45-23-27-57-63(37-45)71-31-29-69-57)39-61(75-67)49-21-25-53-55(35-49)65-51-19-7-8-20-52(51)66(53)56-36-50(22-26-54(56)65)62-40-60(74-68(76-62)42-13-5-2-6-14-42)48-18-10-16-44(34-48)46-24-28-58-64(38-46)72-32-30-70-58/h1-40,65-66H. The maximum atomic E-state index is 5.30. The molecule has 0 spiro atoms. The van der Waals surface area contributed by atoms with Crippen LogP contribution in [0.5, 0.6) is 0 Å². The van der Waals surface area contributed by atoms with Crippen LogP contribution in [0.1, 0.15) is 45.2 Å². The molecule has 0 N–H and O–H groups in total. The number of nitrogens with zero attached hydrogens (tertiary/aromatic N) is 8. The first-order valence-electron chi connectivity index (χ1n) is 25.5. The minimum Gasteiger partial charge on any atom is -0.253 e. The van der Waals surface area contributed by atoms with Crippen molar-refractivity contribution >= 4 is 22.1 Å². The van der Waals surface area contributed by atoms with E-state index >= 15 is 0 Å². The first kappa shape index (κ1) is 43.4. The lowest BCUT2D eigenvalue weighted by Gasteiger charge is -2.42. The predicted molar refractivity (Wildman–Crippen MR) is 302 cm³/mol. The topological polar surface area (TPSA) is 103 Å². The van der Waals surface area contributed by atoms with E-state index in [1.807, 2.05) is 48.5 Å². The summed E-state index contributed by atoms with van der Waals surface area (Å²) in [6.07, 6.45) is 6.92. The van der Waals surface area contributed by atoms with Crippen LogP contribution < -0.4 is 0 Å². The highest BCUT2D eigenvalue weighted by Crippen LogP contribution is 2.57. The molecule has 3 aliphatic carbocycles. The minimum absolute atomic E-state index is 0.0306. The van der Waals surface area contributed by atoms with Gasteiger partial charge in [0, 0.05) is 70.0 Å². The van der Waals surface area contributed by atoms with Gasteiger partial charge in [-0.2, -0.15) is 0 Å². The molecule has 13 aromatic rings. The van der Waals surface area contributed by atoms with Gasteiger partial charge in [0.15, 0.2) is 11.6 Å². The molecule has 0 amide bonds. The Morgan fingerprint density at radius 1 is 0.211 bits per heavy atom. The first-order valence-corrected chi connectivity index (χ1v) is 25.5. The van der Waals surface area contributed by atoms with Gasteiger partial charge in [-0.05, 0) is 116 Å². The lowest BCUT2D eigenvalue weighted by Crippen LogP contribution is -2.27. The third kappa shape index (κ3) is 7.54. The van der Waals surface area contributed by atoms with E-state index < -0.39 is 0 Å². The fourth-order valence-electron chi connectivity index (χ4n) is 11.5. The Bertz CT molecular complexity index is 4160. The molecule has 16 rings (SSSR count). The number of hydrogen-bond acceptors (Lipinski definition) is 8. The lowest BCUT2D eigenvalue weighted by molar-refractivity contribution is 0.755. The molecule has 0 saturated carbocycles. The van der Waals surface area contributed by atoms with Crippen LogP contribution in [0, 0.1) is 0 Å². The number of aromatic nitrogens is 8. The van der Waals surface area contributed by atoms with E-state index in [2.05, 4.69) is 190 Å². The van der Waals surface area contributed by atoms with Gasteiger partial charge in [0.1, 0.15) is 0 Å². The third-order valence-electron chi connectivity index (χ3n) is 15.1. The van der Waals surface area contributed by atoms with Crippen LogP contribution in [0.4, 0.5) is 0 Å². The molecule has 354 valence electrons. The summed E-state index contributed by atoms with van der Waals surface area (Å²) in [5.74, 6) is 1.42. The van der Waals surface area contributed by atoms with Crippen molar-refractivity contribution < 1.29 is 0 Å². The van der Waals surface area contributed by atoms with Crippen molar-refractivity contribution in [3.8, 4) is 90.1 Å². The summed E-state index contributed by atoms with van der Waals surface area (Å²) in [5.41, 5.74) is 25.1. The minimum atomic E-state index is 0.0306. The predicted octanol–water partition coefficient (Wildman–Crippen LogP) is 15.5. The number of hydrogen-bond donors (Lipinski definition) is 0. The van der Waals surface area contributed by atoms with Gasteiger partial charge in [-0.3, -0.25) is 19.9 Å². The lowest BCUT2D eigenvalue weighted by atomic mass is 9.60. The zero-order valence-electron chi connectivity index (χ0n) is 40.8. The van der Waals surface area contributed by atoms with E-state index in [1.54, 1.807) is 24.8 Å². The Morgan fingerprint density at radius 3 is 0.974 bits per heavy atom. The number of benzene rings is 9.